The van der Waals surface area contributed by atoms with Gasteiger partial charge in [0.05, 0.1) is 19.3 Å². The third-order valence-electron chi connectivity index (χ3n) is 3.06. The van der Waals surface area contributed by atoms with Gasteiger partial charge < -0.3 is 14.0 Å². The van der Waals surface area contributed by atoms with E-state index >= 15 is 0 Å². The molecule has 6 nitrogen and oxygen atoms in total. The molecule has 0 N–H and O–H groups in total. The molecule has 0 aliphatic heterocycles. The van der Waals surface area contributed by atoms with Crippen LogP contribution in [0.1, 0.15) is 23.1 Å². The standard InChI is InChI=1S/C15H19N3O3S/c1-4-18-11(2)16-17-15(18)22-9-8-21-13-7-5-6-12(10-13)14(19)20-3/h5-7,10H,4,8-9H2,1-3H3. The highest BCUT2D eigenvalue weighted by Gasteiger charge is 2.08. The molecule has 1 aromatic heterocycles. The SMILES string of the molecule is CCn1c(C)nnc1SCCOc1cccc(C(=O)OC)c1. The number of methoxy groups -OCH3 is 1. The Morgan fingerprint density at radius 3 is 2.91 bits per heavy atom. The number of rotatable bonds is 7. The van der Waals surface area contributed by atoms with Gasteiger partial charge in [0.25, 0.3) is 0 Å². The average molecular weight is 321 g/mol. The molecule has 1 heterocycles. The molecule has 0 amide bonds. The zero-order valence-electron chi connectivity index (χ0n) is 12.9. The number of nitrogens with zero attached hydrogens (tertiary/aromatic N) is 3. The molecule has 0 aliphatic rings. The number of ether oxygens (including phenoxy) is 2. The van der Waals surface area contributed by atoms with Crippen LogP contribution in [-0.2, 0) is 11.3 Å². The molecule has 1 aromatic carbocycles. The van der Waals surface area contributed by atoms with E-state index in [1.54, 1.807) is 30.0 Å². The predicted octanol–water partition coefficient (Wildman–Crippen LogP) is 2.56. The highest BCUT2D eigenvalue weighted by atomic mass is 32.2. The summed E-state index contributed by atoms with van der Waals surface area (Å²) >= 11 is 1.60. The number of hydrogen-bond acceptors (Lipinski definition) is 6. The number of carbonyl (C=O) groups excluding carboxylic acids is 1. The van der Waals surface area contributed by atoms with Gasteiger partial charge in [-0.1, -0.05) is 17.8 Å². The Morgan fingerprint density at radius 1 is 1.36 bits per heavy atom. The number of esters is 1. The van der Waals surface area contributed by atoms with Gasteiger partial charge >= 0.3 is 5.97 Å². The summed E-state index contributed by atoms with van der Waals surface area (Å²) < 4.78 is 12.4. The molecule has 7 heteroatoms. The maximum Gasteiger partial charge on any atom is 0.337 e. The molecule has 0 unspecified atom stereocenters. The number of carbonyl (C=O) groups is 1. The molecule has 0 aliphatic carbocycles. The molecule has 0 saturated carbocycles. The summed E-state index contributed by atoms with van der Waals surface area (Å²) in [5.41, 5.74) is 0.481. The second kappa shape index (κ2) is 7.84. The van der Waals surface area contributed by atoms with Gasteiger partial charge in [-0.15, -0.1) is 10.2 Å². The van der Waals surface area contributed by atoms with E-state index in [1.807, 2.05) is 13.0 Å². The summed E-state index contributed by atoms with van der Waals surface area (Å²) in [7, 11) is 1.36. The van der Waals surface area contributed by atoms with Crippen molar-refractivity contribution in [3.8, 4) is 5.75 Å². The van der Waals surface area contributed by atoms with E-state index in [4.69, 9.17) is 4.74 Å². The lowest BCUT2D eigenvalue weighted by molar-refractivity contribution is 0.0600. The van der Waals surface area contributed by atoms with Gasteiger partial charge in [-0.3, -0.25) is 0 Å². The van der Waals surface area contributed by atoms with Crippen LogP contribution in [-0.4, -0.2) is 40.2 Å². The van der Waals surface area contributed by atoms with Crippen molar-refractivity contribution in [3.05, 3.63) is 35.7 Å². The smallest absolute Gasteiger partial charge is 0.337 e. The minimum Gasteiger partial charge on any atom is -0.493 e. The Hall–Kier alpha value is -2.02. The minimum atomic E-state index is -0.369. The highest BCUT2D eigenvalue weighted by molar-refractivity contribution is 7.99. The second-order valence-corrected chi connectivity index (χ2v) is 5.55. The zero-order valence-corrected chi connectivity index (χ0v) is 13.7. The van der Waals surface area contributed by atoms with Crippen molar-refractivity contribution < 1.29 is 14.3 Å². The third kappa shape index (κ3) is 4.00. The van der Waals surface area contributed by atoms with Crippen LogP contribution in [0.3, 0.4) is 0 Å². The van der Waals surface area contributed by atoms with Crippen molar-refractivity contribution in [2.45, 2.75) is 25.5 Å². The topological polar surface area (TPSA) is 66.2 Å². The van der Waals surface area contributed by atoms with Crippen LogP contribution in [0.15, 0.2) is 29.4 Å². The lowest BCUT2D eigenvalue weighted by Crippen LogP contribution is -2.05. The van der Waals surface area contributed by atoms with Crippen molar-refractivity contribution in [1.29, 1.82) is 0 Å². The number of thioether (sulfide) groups is 1. The molecule has 0 saturated heterocycles. The molecule has 0 atom stereocenters. The van der Waals surface area contributed by atoms with E-state index < -0.39 is 0 Å². The first-order chi connectivity index (χ1) is 10.7. The summed E-state index contributed by atoms with van der Waals surface area (Å²) in [5, 5.41) is 9.10. The largest absolute Gasteiger partial charge is 0.493 e. The van der Waals surface area contributed by atoms with Crippen LogP contribution in [0.4, 0.5) is 0 Å². The van der Waals surface area contributed by atoms with E-state index in [0.717, 1.165) is 23.3 Å². The molecule has 118 valence electrons. The summed E-state index contributed by atoms with van der Waals surface area (Å²) in [5.74, 6) is 1.94. The van der Waals surface area contributed by atoms with E-state index in [2.05, 4.69) is 26.4 Å². The molecule has 0 bridgehead atoms. The fraction of sp³-hybridized carbons (Fsp3) is 0.400. The number of benzene rings is 1. The number of aryl methyl sites for hydroxylation is 1. The predicted molar refractivity (Wildman–Crippen MR) is 84.4 cm³/mol. The fourth-order valence-corrected chi connectivity index (χ4v) is 2.82. The van der Waals surface area contributed by atoms with Crippen molar-refractivity contribution in [2.24, 2.45) is 0 Å². The Kier molecular flexibility index (Phi) is 5.83. The lowest BCUT2D eigenvalue weighted by atomic mass is 10.2. The van der Waals surface area contributed by atoms with Gasteiger partial charge in [-0.05, 0) is 32.0 Å². The van der Waals surface area contributed by atoms with Crippen LogP contribution in [0.2, 0.25) is 0 Å². The van der Waals surface area contributed by atoms with Gasteiger partial charge in [0.1, 0.15) is 11.6 Å². The second-order valence-electron chi connectivity index (χ2n) is 4.49. The van der Waals surface area contributed by atoms with E-state index in [0.29, 0.717) is 17.9 Å². The van der Waals surface area contributed by atoms with E-state index in [-0.39, 0.29) is 5.97 Å². The third-order valence-corrected chi connectivity index (χ3v) is 3.99. The summed E-state index contributed by atoms with van der Waals surface area (Å²) in [6.45, 7) is 5.37. The van der Waals surface area contributed by atoms with Crippen molar-refractivity contribution >= 4 is 17.7 Å². The summed E-state index contributed by atoms with van der Waals surface area (Å²) in [4.78, 5) is 11.5. The molecule has 0 radical (unpaired) electrons. The maximum atomic E-state index is 11.5. The number of hydrogen-bond donors (Lipinski definition) is 0. The van der Waals surface area contributed by atoms with Crippen molar-refractivity contribution in [3.63, 3.8) is 0 Å². The van der Waals surface area contributed by atoms with Crippen LogP contribution in [0.25, 0.3) is 0 Å². The molecule has 0 spiro atoms. The van der Waals surface area contributed by atoms with E-state index in [1.165, 1.54) is 7.11 Å². The first-order valence-corrected chi connectivity index (χ1v) is 7.98. The Labute approximate surface area is 133 Å². The Morgan fingerprint density at radius 2 is 2.18 bits per heavy atom. The van der Waals surface area contributed by atoms with Crippen LogP contribution >= 0.6 is 11.8 Å². The summed E-state index contributed by atoms with van der Waals surface area (Å²) in [6, 6.07) is 6.96. The summed E-state index contributed by atoms with van der Waals surface area (Å²) in [6.07, 6.45) is 0. The average Bonchev–Trinajstić information content (AvgIpc) is 2.91. The van der Waals surface area contributed by atoms with Gasteiger partial charge in [0, 0.05) is 12.3 Å². The van der Waals surface area contributed by atoms with Gasteiger partial charge in [-0.2, -0.15) is 0 Å². The van der Waals surface area contributed by atoms with Gasteiger partial charge in [0.2, 0.25) is 0 Å². The Bertz CT molecular complexity index is 643. The van der Waals surface area contributed by atoms with Gasteiger partial charge in [-0.25, -0.2) is 4.79 Å². The highest BCUT2D eigenvalue weighted by Crippen LogP contribution is 2.18. The maximum absolute atomic E-state index is 11.5. The van der Waals surface area contributed by atoms with Crippen molar-refractivity contribution in [1.82, 2.24) is 14.8 Å². The van der Waals surface area contributed by atoms with Crippen LogP contribution in [0, 0.1) is 6.92 Å². The molecular weight excluding hydrogens is 302 g/mol. The lowest BCUT2D eigenvalue weighted by Gasteiger charge is -2.08. The molecule has 2 aromatic rings. The first-order valence-electron chi connectivity index (χ1n) is 6.99. The minimum absolute atomic E-state index is 0.369. The van der Waals surface area contributed by atoms with Crippen LogP contribution < -0.4 is 4.74 Å². The normalized spacial score (nSPS) is 10.5. The first kappa shape index (κ1) is 16.4. The van der Waals surface area contributed by atoms with Gasteiger partial charge in [0.15, 0.2) is 5.16 Å². The van der Waals surface area contributed by atoms with E-state index in [9.17, 15) is 4.79 Å². The molecular formula is C15H19N3O3S. The van der Waals surface area contributed by atoms with Crippen molar-refractivity contribution in [2.75, 3.05) is 19.5 Å². The zero-order chi connectivity index (χ0) is 15.9. The monoisotopic (exact) mass is 321 g/mol. The van der Waals surface area contributed by atoms with Crippen LogP contribution in [0.5, 0.6) is 5.75 Å². The molecule has 0 fully saturated rings. The molecule has 22 heavy (non-hydrogen) atoms. The molecule has 2 rings (SSSR count). The Balaban J connectivity index is 1.85. The fourth-order valence-electron chi connectivity index (χ4n) is 1.96. The number of aromatic nitrogens is 3. The quantitative estimate of drug-likeness (QED) is 0.443.